The minimum atomic E-state index is 0.737. The molecule has 0 amide bonds. The smallest absolute Gasteiger partial charge is 0.168 e. The zero-order chi connectivity index (χ0) is 19.6. The topological polar surface area (TPSA) is 46.8 Å². The monoisotopic (exact) mass is 383 g/mol. The highest BCUT2D eigenvalue weighted by atomic mass is 15.3. The van der Waals surface area contributed by atoms with Crippen LogP contribution in [0, 0.1) is 12.8 Å². The fraction of sp³-hybridized carbons (Fsp3) is 0.292. The van der Waals surface area contributed by atoms with Gasteiger partial charge in [-0.1, -0.05) is 42.5 Å². The molecule has 2 aromatic carbocycles. The Kier molecular flexibility index (Phi) is 4.72. The number of hydrogen-bond donors (Lipinski definition) is 0. The first kappa shape index (κ1) is 17.9. The summed E-state index contributed by atoms with van der Waals surface area (Å²) in [4.78, 5) is 11.6. The van der Waals surface area contributed by atoms with Gasteiger partial charge in [0.2, 0.25) is 0 Å². The van der Waals surface area contributed by atoms with Crippen LogP contribution in [0.25, 0.3) is 16.7 Å². The van der Waals surface area contributed by atoms with Crippen LogP contribution in [0.5, 0.6) is 0 Å². The van der Waals surface area contributed by atoms with E-state index in [2.05, 4.69) is 81.5 Å². The molecule has 4 aromatic rings. The van der Waals surface area contributed by atoms with Gasteiger partial charge < -0.3 is 4.90 Å². The molecule has 3 heterocycles. The Morgan fingerprint density at radius 1 is 0.966 bits per heavy atom. The average molecular weight is 383 g/mol. The van der Waals surface area contributed by atoms with Crippen LogP contribution in [0.1, 0.15) is 24.0 Å². The number of aryl methyl sites for hydroxylation is 1. The zero-order valence-corrected chi connectivity index (χ0v) is 16.7. The highest BCUT2D eigenvalue weighted by Gasteiger charge is 2.23. The van der Waals surface area contributed by atoms with Crippen LogP contribution in [0.2, 0.25) is 0 Å². The first-order valence-electron chi connectivity index (χ1n) is 10.3. The lowest BCUT2D eigenvalue weighted by Gasteiger charge is -2.33. The first-order chi connectivity index (χ1) is 14.3. The van der Waals surface area contributed by atoms with Crippen LogP contribution in [-0.4, -0.2) is 32.8 Å². The van der Waals surface area contributed by atoms with Gasteiger partial charge in [-0.05, 0) is 55.4 Å². The van der Waals surface area contributed by atoms with Crippen molar-refractivity contribution in [3.63, 3.8) is 0 Å². The molecular weight excluding hydrogens is 358 g/mol. The Balaban J connectivity index is 1.36. The second-order valence-corrected chi connectivity index (χ2v) is 7.95. The molecule has 5 rings (SSSR count). The van der Waals surface area contributed by atoms with Gasteiger partial charge in [-0.15, -0.1) is 0 Å². The number of fused-ring (bicyclic) bond motifs is 1. The fourth-order valence-corrected chi connectivity index (χ4v) is 4.33. The van der Waals surface area contributed by atoms with Gasteiger partial charge in [-0.3, -0.25) is 0 Å². The second-order valence-electron chi connectivity index (χ2n) is 7.95. The molecule has 1 aliphatic heterocycles. The number of nitrogens with zero attached hydrogens (tertiary/aromatic N) is 5. The van der Waals surface area contributed by atoms with Gasteiger partial charge in [-0.2, -0.15) is 5.10 Å². The second kappa shape index (κ2) is 7.66. The molecule has 146 valence electrons. The van der Waals surface area contributed by atoms with Crippen molar-refractivity contribution in [1.82, 2.24) is 19.7 Å². The van der Waals surface area contributed by atoms with E-state index in [1.807, 2.05) is 10.9 Å². The van der Waals surface area contributed by atoms with E-state index in [1.165, 1.54) is 30.4 Å². The van der Waals surface area contributed by atoms with Gasteiger partial charge in [0, 0.05) is 13.1 Å². The average Bonchev–Trinajstić information content (AvgIpc) is 3.19. The van der Waals surface area contributed by atoms with Gasteiger partial charge >= 0.3 is 0 Å². The summed E-state index contributed by atoms with van der Waals surface area (Å²) in [5.74, 6) is 1.74. The number of piperidine rings is 1. The minimum absolute atomic E-state index is 0.737. The molecule has 0 N–H and O–H groups in total. The van der Waals surface area contributed by atoms with Crippen LogP contribution in [0.4, 0.5) is 5.82 Å². The summed E-state index contributed by atoms with van der Waals surface area (Å²) in [6.45, 7) is 4.15. The van der Waals surface area contributed by atoms with Crippen molar-refractivity contribution in [1.29, 1.82) is 0 Å². The maximum Gasteiger partial charge on any atom is 0.168 e. The van der Waals surface area contributed by atoms with E-state index in [9.17, 15) is 0 Å². The molecule has 0 radical (unpaired) electrons. The van der Waals surface area contributed by atoms with Crippen molar-refractivity contribution in [3.8, 4) is 5.69 Å². The minimum Gasteiger partial charge on any atom is -0.356 e. The fourth-order valence-electron chi connectivity index (χ4n) is 4.33. The summed E-state index contributed by atoms with van der Waals surface area (Å²) in [5.41, 5.74) is 4.55. The van der Waals surface area contributed by atoms with Crippen molar-refractivity contribution in [2.24, 2.45) is 5.92 Å². The van der Waals surface area contributed by atoms with Crippen molar-refractivity contribution in [2.75, 3.05) is 18.0 Å². The molecule has 0 spiro atoms. The van der Waals surface area contributed by atoms with Gasteiger partial charge in [0.25, 0.3) is 0 Å². The normalized spacial score (nSPS) is 15.1. The van der Waals surface area contributed by atoms with Crippen LogP contribution in [-0.2, 0) is 6.42 Å². The van der Waals surface area contributed by atoms with E-state index in [0.29, 0.717) is 0 Å². The van der Waals surface area contributed by atoms with E-state index >= 15 is 0 Å². The van der Waals surface area contributed by atoms with Crippen LogP contribution in [0.15, 0.2) is 67.1 Å². The van der Waals surface area contributed by atoms with Crippen molar-refractivity contribution in [3.05, 3.63) is 78.2 Å². The lowest BCUT2D eigenvalue weighted by Crippen LogP contribution is -2.35. The largest absolute Gasteiger partial charge is 0.356 e. The summed E-state index contributed by atoms with van der Waals surface area (Å²) in [7, 11) is 0. The molecule has 1 saturated heterocycles. The van der Waals surface area contributed by atoms with Crippen molar-refractivity contribution >= 4 is 16.9 Å². The molecule has 29 heavy (non-hydrogen) atoms. The Morgan fingerprint density at radius 2 is 1.79 bits per heavy atom. The Morgan fingerprint density at radius 3 is 2.59 bits per heavy atom. The Bertz CT molecular complexity index is 1110. The first-order valence-corrected chi connectivity index (χ1v) is 10.3. The lowest BCUT2D eigenvalue weighted by atomic mass is 9.90. The maximum absolute atomic E-state index is 4.63. The number of hydrogen-bond acceptors (Lipinski definition) is 4. The molecule has 0 saturated carbocycles. The highest BCUT2D eigenvalue weighted by molar-refractivity contribution is 5.87. The summed E-state index contributed by atoms with van der Waals surface area (Å²) in [5, 5.41) is 5.64. The lowest BCUT2D eigenvalue weighted by molar-refractivity contribution is 0.402. The zero-order valence-electron chi connectivity index (χ0n) is 16.7. The predicted octanol–water partition coefficient (Wildman–Crippen LogP) is 4.58. The third-order valence-corrected chi connectivity index (χ3v) is 5.87. The molecule has 0 unspecified atom stereocenters. The van der Waals surface area contributed by atoms with E-state index in [0.717, 1.165) is 41.5 Å². The van der Waals surface area contributed by atoms with Crippen molar-refractivity contribution in [2.45, 2.75) is 26.2 Å². The van der Waals surface area contributed by atoms with E-state index in [4.69, 9.17) is 0 Å². The molecule has 0 bridgehead atoms. The summed E-state index contributed by atoms with van der Waals surface area (Å²) in [6, 6.07) is 19.2. The Hall–Kier alpha value is -3.21. The Labute approximate surface area is 171 Å². The van der Waals surface area contributed by atoms with Crippen LogP contribution < -0.4 is 4.90 Å². The van der Waals surface area contributed by atoms with Gasteiger partial charge in [0.05, 0.1) is 17.3 Å². The van der Waals surface area contributed by atoms with E-state index < -0.39 is 0 Å². The SMILES string of the molecule is Cc1cccc(-n2ncc3c(N4CCC(Cc5ccccc5)CC4)ncnc32)c1. The van der Waals surface area contributed by atoms with Crippen LogP contribution in [0.3, 0.4) is 0 Å². The quantitative estimate of drug-likeness (QED) is 0.517. The summed E-state index contributed by atoms with van der Waals surface area (Å²) in [6.07, 6.45) is 7.11. The molecule has 5 heteroatoms. The molecule has 5 nitrogen and oxygen atoms in total. The molecule has 2 aromatic heterocycles. The standard InChI is InChI=1S/C24H25N5/c1-18-6-5-9-21(14-18)29-24-22(16-27-29)23(25-17-26-24)28-12-10-20(11-13-28)15-19-7-3-2-4-8-19/h2-9,14,16-17,20H,10-13,15H2,1H3. The van der Waals surface area contributed by atoms with Crippen LogP contribution >= 0.6 is 0 Å². The molecule has 0 aliphatic carbocycles. The van der Waals surface area contributed by atoms with Gasteiger partial charge in [0.1, 0.15) is 12.1 Å². The van der Waals surface area contributed by atoms with Gasteiger partial charge in [-0.25, -0.2) is 14.6 Å². The van der Waals surface area contributed by atoms with Gasteiger partial charge in [0.15, 0.2) is 5.65 Å². The van der Waals surface area contributed by atoms with E-state index in [-0.39, 0.29) is 0 Å². The molecule has 0 atom stereocenters. The third kappa shape index (κ3) is 3.60. The number of anilines is 1. The van der Waals surface area contributed by atoms with Crippen molar-refractivity contribution < 1.29 is 0 Å². The molecular formula is C24H25N5. The summed E-state index contributed by atoms with van der Waals surface area (Å²) >= 11 is 0. The number of benzene rings is 2. The molecule has 1 fully saturated rings. The predicted molar refractivity (Wildman–Crippen MR) is 116 cm³/mol. The molecule has 1 aliphatic rings. The highest BCUT2D eigenvalue weighted by Crippen LogP contribution is 2.29. The number of rotatable bonds is 4. The maximum atomic E-state index is 4.63. The third-order valence-electron chi connectivity index (χ3n) is 5.87. The number of aromatic nitrogens is 4. The summed E-state index contributed by atoms with van der Waals surface area (Å²) < 4.78 is 1.91. The van der Waals surface area contributed by atoms with E-state index in [1.54, 1.807) is 6.33 Å².